The number of urea groups is 1. The summed E-state index contributed by atoms with van der Waals surface area (Å²) in [6.45, 7) is 4.16. The van der Waals surface area contributed by atoms with Crippen molar-refractivity contribution in [2.45, 2.75) is 13.3 Å². The molecular weight excluding hydrogens is 142 g/mol. The molecule has 4 nitrogen and oxygen atoms in total. The van der Waals surface area contributed by atoms with Gasteiger partial charge < -0.3 is 16.4 Å². The summed E-state index contributed by atoms with van der Waals surface area (Å²) in [6, 6.07) is -0.331. The van der Waals surface area contributed by atoms with Gasteiger partial charge in [0.2, 0.25) is 0 Å². The fraction of sp³-hybridized carbons (Fsp3) is 0.857. The highest BCUT2D eigenvalue weighted by Crippen LogP contribution is 2.27. The molecular formula is C7H15N3O. The first-order valence-electron chi connectivity index (χ1n) is 3.82. The minimum atomic E-state index is -0.331. The maximum absolute atomic E-state index is 10.7. The van der Waals surface area contributed by atoms with E-state index in [1.54, 1.807) is 4.90 Å². The summed E-state index contributed by atoms with van der Waals surface area (Å²) in [5.74, 6) is 0. The molecule has 0 bridgehead atoms. The Balaban J connectivity index is 2.53. The van der Waals surface area contributed by atoms with Crippen molar-refractivity contribution in [1.29, 1.82) is 0 Å². The molecule has 4 N–H and O–H groups in total. The molecule has 4 heteroatoms. The second kappa shape index (κ2) is 2.70. The van der Waals surface area contributed by atoms with E-state index in [0.29, 0.717) is 13.1 Å². The van der Waals surface area contributed by atoms with Crippen LogP contribution in [0.15, 0.2) is 0 Å². The SMILES string of the molecule is CC1(CN)CCN(C(N)=O)C1. The third kappa shape index (κ3) is 1.63. The Morgan fingerprint density at radius 1 is 1.73 bits per heavy atom. The maximum atomic E-state index is 10.7. The fourth-order valence-electron chi connectivity index (χ4n) is 1.38. The molecule has 11 heavy (non-hydrogen) atoms. The summed E-state index contributed by atoms with van der Waals surface area (Å²) in [5.41, 5.74) is 10.8. The van der Waals surface area contributed by atoms with Crippen molar-refractivity contribution in [1.82, 2.24) is 4.90 Å². The van der Waals surface area contributed by atoms with Gasteiger partial charge >= 0.3 is 6.03 Å². The number of hydrogen-bond donors (Lipinski definition) is 2. The predicted octanol–water partition coefficient (Wildman–Crippen LogP) is -0.264. The van der Waals surface area contributed by atoms with Gasteiger partial charge in [-0.05, 0) is 18.4 Å². The summed E-state index contributed by atoms with van der Waals surface area (Å²) < 4.78 is 0. The first kappa shape index (κ1) is 8.33. The lowest BCUT2D eigenvalue weighted by Gasteiger charge is -2.21. The minimum Gasteiger partial charge on any atom is -0.351 e. The van der Waals surface area contributed by atoms with E-state index in [1.807, 2.05) is 0 Å². The Bertz CT molecular complexity index is 171. The van der Waals surface area contributed by atoms with Crippen LogP contribution in [0, 0.1) is 5.41 Å². The average molecular weight is 157 g/mol. The zero-order chi connectivity index (χ0) is 8.48. The Hall–Kier alpha value is -0.770. The second-order valence-electron chi connectivity index (χ2n) is 3.52. The molecule has 2 amide bonds. The Labute approximate surface area is 66.5 Å². The Morgan fingerprint density at radius 3 is 2.64 bits per heavy atom. The average Bonchev–Trinajstić information content (AvgIpc) is 2.33. The number of nitrogens with zero attached hydrogens (tertiary/aromatic N) is 1. The van der Waals surface area contributed by atoms with E-state index < -0.39 is 0 Å². The molecule has 1 saturated heterocycles. The number of primary amides is 1. The largest absolute Gasteiger partial charge is 0.351 e. The van der Waals surface area contributed by atoms with Gasteiger partial charge in [0.15, 0.2) is 0 Å². The van der Waals surface area contributed by atoms with Crippen LogP contribution >= 0.6 is 0 Å². The van der Waals surface area contributed by atoms with Crippen molar-refractivity contribution in [3.05, 3.63) is 0 Å². The normalized spacial score (nSPS) is 30.9. The van der Waals surface area contributed by atoms with Crippen molar-refractivity contribution in [3.8, 4) is 0 Å². The summed E-state index contributed by atoms with van der Waals surface area (Å²) >= 11 is 0. The van der Waals surface area contributed by atoms with Crippen molar-refractivity contribution in [2.24, 2.45) is 16.9 Å². The molecule has 0 aromatic heterocycles. The van der Waals surface area contributed by atoms with Crippen LogP contribution in [0.1, 0.15) is 13.3 Å². The summed E-state index contributed by atoms with van der Waals surface area (Å²) in [6.07, 6.45) is 0.965. The highest BCUT2D eigenvalue weighted by molar-refractivity contribution is 5.72. The van der Waals surface area contributed by atoms with Gasteiger partial charge in [-0.2, -0.15) is 0 Å². The molecule has 1 aliphatic heterocycles. The summed E-state index contributed by atoms with van der Waals surface area (Å²) in [4.78, 5) is 12.4. The lowest BCUT2D eigenvalue weighted by atomic mass is 9.90. The van der Waals surface area contributed by atoms with E-state index in [9.17, 15) is 4.79 Å². The number of carbonyl (C=O) groups excluding carboxylic acids is 1. The minimum absolute atomic E-state index is 0.0923. The lowest BCUT2D eigenvalue weighted by Crippen LogP contribution is -2.37. The van der Waals surface area contributed by atoms with E-state index >= 15 is 0 Å². The molecule has 0 saturated carbocycles. The van der Waals surface area contributed by atoms with Crippen LogP contribution in [0.25, 0.3) is 0 Å². The lowest BCUT2D eigenvalue weighted by molar-refractivity contribution is 0.212. The maximum Gasteiger partial charge on any atom is 0.314 e. The van der Waals surface area contributed by atoms with Gasteiger partial charge in [-0.15, -0.1) is 0 Å². The van der Waals surface area contributed by atoms with Crippen molar-refractivity contribution >= 4 is 6.03 Å². The number of carbonyl (C=O) groups is 1. The van der Waals surface area contributed by atoms with Gasteiger partial charge in [0, 0.05) is 13.1 Å². The molecule has 1 fully saturated rings. The first-order chi connectivity index (χ1) is 5.07. The second-order valence-corrected chi connectivity index (χ2v) is 3.52. The molecule has 1 rings (SSSR count). The number of likely N-dealkylation sites (tertiary alicyclic amines) is 1. The van der Waals surface area contributed by atoms with Crippen LogP contribution in [0.4, 0.5) is 4.79 Å². The third-order valence-corrected chi connectivity index (χ3v) is 2.36. The summed E-state index contributed by atoms with van der Waals surface area (Å²) in [7, 11) is 0. The molecule has 0 spiro atoms. The van der Waals surface area contributed by atoms with E-state index in [1.165, 1.54) is 0 Å². The first-order valence-corrected chi connectivity index (χ1v) is 3.82. The van der Waals surface area contributed by atoms with Crippen LogP contribution in [-0.2, 0) is 0 Å². The number of rotatable bonds is 1. The van der Waals surface area contributed by atoms with Crippen LogP contribution in [0.5, 0.6) is 0 Å². The molecule has 1 aliphatic rings. The highest BCUT2D eigenvalue weighted by Gasteiger charge is 2.33. The number of nitrogens with two attached hydrogens (primary N) is 2. The van der Waals surface area contributed by atoms with Gasteiger partial charge in [-0.25, -0.2) is 4.79 Å². The smallest absolute Gasteiger partial charge is 0.314 e. The van der Waals surface area contributed by atoms with Crippen molar-refractivity contribution in [2.75, 3.05) is 19.6 Å². The molecule has 1 heterocycles. The van der Waals surface area contributed by atoms with Gasteiger partial charge in [-0.1, -0.05) is 6.92 Å². The number of amides is 2. The Kier molecular flexibility index (Phi) is 2.04. The fourth-order valence-corrected chi connectivity index (χ4v) is 1.38. The molecule has 0 aromatic carbocycles. The van der Waals surface area contributed by atoms with Crippen molar-refractivity contribution in [3.63, 3.8) is 0 Å². The van der Waals surface area contributed by atoms with Gasteiger partial charge in [0.05, 0.1) is 0 Å². The van der Waals surface area contributed by atoms with Gasteiger partial charge in [-0.3, -0.25) is 0 Å². The van der Waals surface area contributed by atoms with Crippen LogP contribution in [-0.4, -0.2) is 30.6 Å². The third-order valence-electron chi connectivity index (χ3n) is 2.36. The summed E-state index contributed by atoms with van der Waals surface area (Å²) in [5, 5.41) is 0. The van der Waals surface area contributed by atoms with E-state index in [2.05, 4.69) is 6.92 Å². The van der Waals surface area contributed by atoms with E-state index in [0.717, 1.165) is 13.0 Å². The molecule has 1 unspecified atom stereocenters. The van der Waals surface area contributed by atoms with Crippen LogP contribution < -0.4 is 11.5 Å². The van der Waals surface area contributed by atoms with Crippen LogP contribution in [0.3, 0.4) is 0 Å². The highest BCUT2D eigenvalue weighted by atomic mass is 16.2. The van der Waals surface area contributed by atoms with E-state index in [-0.39, 0.29) is 11.4 Å². The van der Waals surface area contributed by atoms with Gasteiger partial charge in [0.25, 0.3) is 0 Å². The molecule has 0 aromatic rings. The zero-order valence-corrected chi connectivity index (χ0v) is 6.84. The van der Waals surface area contributed by atoms with Crippen molar-refractivity contribution < 1.29 is 4.79 Å². The monoisotopic (exact) mass is 157 g/mol. The zero-order valence-electron chi connectivity index (χ0n) is 6.84. The molecule has 0 radical (unpaired) electrons. The quantitative estimate of drug-likeness (QED) is 0.550. The molecule has 64 valence electrons. The standard InChI is InChI=1S/C7H15N3O/c1-7(4-8)2-3-10(5-7)6(9)11/h2-5,8H2,1H3,(H2,9,11). The number of hydrogen-bond acceptors (Lipinski definition) is 2. The molecule has 1 atom stereocenters. The van der Waals surface area contributed by atoms with Gasteiger partial charge in [0.1, 0.15) is 0 Å². The topological polar surface area (TPSA) is 72.3 Å². The Morgan fingerprint density at radius 2 is 2.36 bits per heavy atom. The van der Waals surface area contributed by atoms with Crippen LogP contribution in [0.2, 0.25) is 0 Å². The molecule has 0 aliphatic carbocycles. The predicted molar refractivity (Wildman–Crippen MR) is 42.9 cm³/mol. The van der Waals surface area contributed by atoms with E-state index in [4.69, 9.17) is 11.5 Å².